The molecule has 0 radical (unpaired) electrons. The normalized spacial score (nSPS) is 18.3. The lowest BCUT2D eigenvalue weighted by molar-refractivity contribution is -0.140. The molecule has 1 aliphatic carbocycles. The number of aromatic nitrogens is 1. The zero-order valence-corrected chi connectivity index (χ0v) is 26.1. The van der Waals surface area contributed by atoms with Gasteiger partial charge in [-0.15, -0.1) is 11.3 Å². The lowest BCUT2D eigenvalue weighted by Gasteiger charge is -2.34. The fourth-order valence-corrected chi connectivity index (χ4v) is 7.06. The summed E-state index contributed by atoms with van der Waals surface area (Å²) in [4.78, 5) is 48.1. The second-order valence-corrected chi connectivity index (χ2v) is 12.9. The Bertz CT molecular complexity index is 1920. The number of alkyl halides is 3. The Balaban J connectivity index is 1.12. The molecule has 1 saturated carbocycles. The number of amides is 4. The summed E-state index contributed by atoms with van der Waals surface area (Å²) in [6.45, 7) is 2.00. The molecule has 4 heterocycles. The number of ether oxygens (including phenoxy) is 1. The Hall–Kier alpha value is -4.91. The molecule has 0 spiro atoms. The minimum atomic E-state index is -4.75. The van der Waals surface area contributed by atoms with Crippen molar-refractivity contribution >= 4 is 56.5 Å². The number of hydrogen-bond acceptors (Lipinski definition) is 6. The fourth-order valence-electron chi connectivity index (χ4n) is 6.04. The van der Waals surface area contributed by atoms with Gasteiger partial charge in [-0.1, -0.05) is 24.3 Å². The van der Waals surface area contributed by atoms with Gasteiger partial charge in [0.15, 0.2) is 0 Å². The van der Waals surface area contributed by atoms with Crippen molar-refractivity contribution in [2.24, 2.45) is 5.92 Å². The zero-order valence-electron chi connectivity index (χ0n) is 25.3. The number of aryl methyl sites for hydroxylation is 1. The van der Waals surface area contributed by atoms with Gasteiger partial charge >= 0.3 is 12.2 Å². The molecule has 2 N–H and O–H groups in total. The van der Waals surface area contributed by atoms with Crippen molar-refractivity contribution in [3.8, 4) is 11.5 Å². The number of halogens is 3. The maximum absolute atomic E-state index is 13.7. The topological polar surface area (TPSA) is 104 Å². The summed E-state index contributed by atoms with van der Waals surface area (Å²) in [6.07, 6.45) is 0.0889. The maximum Gasteiger partial charge on any atom is 0.421 e. The molecule has 0 bridgehead atoms. The fraction of sp³-hybridized carbons (Fsp3) is 0.294. The van der Waals surface area contributed by atoms with Crippen LogP contribution in [0.1, 0.15) is 40.9 Å². The molecule has 0 unspecified atom stereocenters. The third-order valence-electron chi connectivity index (χ3n) is 8.44. The average molecular weight is 662 g/mol. The molecule has 1 atom stereocenters. The molecule has 4 amide bonds. The molecule has 2 fully saturated rings. The van der Waals surface area contributed by atoms with Gasteiger partial charge in [-0.3, -0.25) is 14.5 Å². The number of pyridine rings is 1. The van der Waals surface area contributed by atoms with Crippen LogP contribution in [0.25, 0.3) is 10.2 Å². The number of benzene rings is 2. The van der Waals surface area contributed by atoms with E-state index in [9.17, 15) is 27.6 Å². The zero-order chi connectivity index (χ0) is 32.9. The van der Waals surface area contributed by atoms with Crippen molar-refractivity contribution in [2.45, 2.75) is 44.8 Å². The predicted molar refractivity (Wildman–Crippen MR) is 172 cm³/mol. The van der Waals surface area contributed by atoms with Crippen LogP contribution in [-0.2, 0) is 4.79 Å². The third-order valence-corrected chi connectivity index (χ3v) is 9.54. The molecule has 7 rings (SSSR count). The van der Waals surface area contributed by atoms with Gasteiger partial charge in [0.1, 0.15) is 26.8 Å². The quantitative estimate of drug-likeness (QED) is 0.198. The van der Waals surface area contributed by atoms with E-state index in [-0.39, 0.29) is 23.9 Å². The largest absolute Gasteiger partial charge is 0.457 e. The van der Waals surface area contributed by atoms with E-state index in [1.165, 1.54) is 9.80 Å². The van der Waals surface area contributed by atoms with Gasteiger partial charge in [-0.05, 0) is 80.5 Å². The van der Waals surface area contributed by atoms with Crippen molar-refractivity contribution in [2.75, 3.05) is 23.3 Å². The van der Waals surface area contributed by atoms with Gasteiger partial charge in [-0.25, -0.2) is 9.78 Å². The highest BCUT2D eigenvalue weighted by molar-refractivity contribution is 7.21. The second-order valence-electron chi connectivity index (χ2n) is 11.9. The van der Waals surface area contributed by atoms with Gasteiger partial charge in [0.2, 0.25) is 0 Å². The number of likely N-dealkylation sites (tertiary alicyclic amines) is 1. The summed E-state index contributed by atoms with van der Waals surface area (Å²) in [7, 11) is 0. The monoisotopic (exact) mass is 661 g/mol. The highest BCUT2D eigenvalue weighted by atomic mass is 32.1. The summed E-state index contributed by atoms with van der Waals surface area (Å²) in [5.41, 5.74) is 1.15. The van der Waals surface area contributed by atoms with E-state index in [2.05, 4.69) is 15.6 Å². The summed E-state index contributed by atoms with van der Waals surface area (Å²) in [6, 6.07) is 15.5. The number of nitrogens with one attached hydrogen (secondary N) is 2. The molecule has 1 saturated heterocycles. The van der Waals surface area contributed by atoms with E-state index in [0.29, 0.717) is 64.5 Å². The lowest BCUT2D eigenvalue weighted by atomic mass is 10.0. The van der Waals surface area contributed by atoms with Crippen molar-refractivity contribution < 1.29 is 32.3 Å². The number of carbonyl (C=O) groups is 3. The van der Waals surface area contributed by atoms with Crippen molar-refractivity contribution in [3.63, 3.8) is 0 Å². The van der Waals surface area contributed by atoms with E-state index < -0.39 is 35.6 Å². The van der Waals surface area contributed by atoms with Crippen LogP contribution in [0.2, 0.25) is 0 Å². The summed E-state index contributed by atoms with van der Waals surface area (Å²) < 4.78 is 47.1. The number of carbonyl (C=O) groups excluding carboxylic acids is 3. The summed E-state index contributed by atoms with van der Waals surface area (Å²) in [5.74, 6) is -0.477. The molecule has 3 aliphatic rings. The number of anilines is 3. The molecule has 242 valence electrons. The van der Waals surface area contributed by atoms with E-state index in [4.69, 9.17) is 4.74 Å². The Kier molecular flexibility index (Phi) is 7.87. The Morgan fingerprint density at radius 1 is 1.06 bits per heavy atom. The summed E-state index contributed by atoms with van der Waals surface area (Å²) in [5, 5.41) is 6.37. The van der Waals surface area contributed by atoms with E-state index in [0.717, 1.165) is 23.0 Å². The SMILES string of the molecule is Cc1cc(Oc2ccccc2)ccc1N1C(=O)Nc2c(C(=O)N[C@@H]3CCCN(C(=O)/C(=C\C4CC4)C(F)(F)F)C3)sc3nccc1c23. The van der Waals surface area contributed by atoms with E-state index >= 15 is 0 Å². The number of urea groups is 1. The Morgan fingerprint density at radius 2 is 1.85 bits per heavy atom. The smallest absolute Gasteiger partial charge is 0.421 e. The number of allylic oxidation sites excluding steroid dienone is 1. The first-order valence-corrected chi connectivity index (χ1v) is 16.1. The van der Waals surface area contributed by atoms with Crippen molar-refractivity contribution in [1.29, 1.82) is 0 Å². The first kappa shape index (κ1) is 30.7. The predicted octanol–water partition coefficient (Wildman–Crippen LogP) is 7.70. The standard InChI is InChI=1S/C34H30F3N5O4S/c1-19-16-23(46-22-7-3-2-4-8-22)11-12-25(19)42-26-13-14-38-31-27(26)28(40-33(42)45)29(47-31)30(43)39-21-6-5-15-41(18-21)32(44)24(34(35,36)37)17-20-9-10-20/h2-4,7-8,11-14,16-17,20-21H,5-6,9-10,15,18H2,1H3,(H,39,43)(H,40,45)/b24-17+/t21-/m1/s1. The van der Waals surface area contributed by atoms with Crippen LogP contribution in [0.5, 0.6) is 11.5 Å². The highest BCUT2D eigenvalue weighted by Crippen LogP contribution is 2.46. The van der Waals surface area contributed by atoms with Crippen LogP contribution in [0.15, 0.2) is 72.4 Å². The third kappa shape index (κ3) is 6.14. The number of piperidine rings is 1. The van der Waals surface area contributed by atoms with Crippen LogP contribution < -0.4 is 20.3 Å². The molecule has 13 heteroatoms. The Morgan fingerprint density at radius 3 is 2.57 bits per heavy atom. The molecule has 2 aromatic carbocycles. The first-order valence-electron chi connectivity index (χ1n) is 15.3. The van der Waals surface area contributed by atoms with Crippen LogP contribution in [0, 0.1) is 12.8 Å². The minimum Gasteiger partial charge on any atom is -0.457 e. The van der Waals surface area contributed by atoms with Gasteiger partial charge in [0, 0.05) is 25.3 Å². The number of rotatable bonds is 7. The van der Waals surface area contributed by atoms with Crippen LogP contribution in [-0.4, -0.2) is 53.0 Å². The van der Waals surface area contributed by atoms with Crippen LogP contribution in [0.4, 0.5) is 35.0 Å². The maximum atomic E-state index is 13.7. The Labute approximate surface area is 272 Å². The number of para-hydroxylation sites is 1. The minimum absolute atomic E-state index is 0.0458. The van der Waals surface area contributed by atoms with Crippen molar-refractivity contribution in [1.82, 2.24) is 15.2 Å². The molecule has 2 aliphatic heterocycles. The number of hydrogen-bond donors (Lipinski definition) is 2. The molecule has 47 heavy (non-hydrogen) atoms. The molecular formula is C34H30F3N5O4S. The average Bonchev–Trinajstić information content (AvgIpc) is 3.80. The van der Waals surface area contributed by atoms with Gasteiger partial charge in [0.05, 0.1) is 22.4 Å². The van der Waals surface area contributed by atoms with E-state index in [1.54, 1.807) is 24.4 Å². The molecular weight excluding hydrogens is 631 g/mol. The van der Waals surface area contributed by atoms with Gasteiger partial charge in [0.25, 0.3) is 11.8 Å². The van der Waals surface area contributed by atoms with Gasteiger partial charge < -0.3 is 20.3 Å². The highest BCUT2D eigenvalue weighted by Gasteiger charge is 2.43. The van der Waals surface area contributed by atoms with E-state index in [1.807, 2.05) is 43.3 Å². The number of thiophene rings is 1. The molecule has 4 aromatic rings. The van der Waals surface area contributed by atoms with Gasteiger partial charge in [-0.2, -0.15) is 13.2 Å². The first-order chi connectivity index (χ1) is 22.6. The lowest BCUT2D eigenvalue weighted by Crippen LogP contribution is -2.50. The molecule has 2 aromatic heterocycles. The van der Waals surface area contributed by atoms with Crippen LogP contribution in [0.3, 0.4) is 0 Å². The summed E-state index contributed by atoms with van der Waals surface area (Å²) >= 11 is 1.11. The number of nitrogens with zero attached hydrogens (tertiary/aromatic N) is 3. The second kappa shape index (κ2) is 12.0. The van der Waals surface area contributed by atoms with Crippen LogP contribution >= 0.6 is 11.3 Å². The molecule has 9 nitrogen and oxygen atoms in total. The van der Waals surface area contributed by atoms with Crippen molar-refractivity contribution in [3.05, 3.63) is 82.9 Å².